The number of rotatable bonds is 1. The minimum atomic E-state index is 0.571. The number of anilines is 1. The quantitative estimate of drug-likeness (QED) is 0.850. The van der Waals surface area contributed by atoms with Gasteiger partial charge in [-0.3, -0.25) is 0 Å². The Morgan fingerprint density at radius 3 is 3.00 bits per heavy atom. The highest BCUT2D eigenvalue weighted by Gasteiger charge is 2.04. The molecule has 0 spiro atoms. The van der Waals surface area contributed by atoms with Crippen LogP contribution in [-0.2, 0) is 0 Å². The molecule has 2 N–H and O–H groups in total. The van der Waals surface area contributed by atoms with Crippen LogP contribution in [0.2, 0.25) is 0 Å². The second-order valence-electron chi connectivity index (χ2n) is 2.60. The topological polar surface area (TPSA) is 38.9 Å². The van der Waals surface area contributed by atoms with E-state index in [0.29, 0.717) is 5.82 Å². The number of nitrogens with two attached hydrogens (primary N) is 1. The highest BCUT2D eigenvalue weighted by molar-refractivity contribution is 9.10. The Bertz CT molecular complexity index is 412. The fourth-order valence-corrected chi connectivity index (χ4v) is 2.09. The molecule has 2 nitrogen and oxygen atoms in total. The van der Waals surface area contributed by atoms with E-state index in [4.69, 9.17) is 5.73 Å². The predicted octanol–water partition coefficient (Wildman–Crippen LogP) is 3.15. The fourth-order valence-electron chi connectivity index (χ4n) is 1.10. The predicted molar refractivity (Wildman–Crippen MR) is 59.7 cm³/mol. The molecule has 0 atom stereocenters. The molecule has 4 heteroatoms. The van der Waals surface area contributed by atoms with Crippen molar-refractivity contribution in [2.24, 2.45) is 0 Å². The minimum absolute atomic E-state index is 0.571. The zero-order chi connectivity index (χ0) is 9.26. The van der Waals surface area contributed by atoms with Crippen LogP contribution in [0.1, 0.15) is 0 Å². The zero-order valence-electron chi connectivity index (χ0n) is 6.70. The van der Waals surface area contributed by atoms with Gasteiger partial charge in [0.15, 0.2) is 0 Å². The van der Waals surface area contributed by atoms with Crippen LogP contribution in [0.15, 0.2) is 33.6 Å². The van der Waals surface area contributed by atoms with Gasteiger partial charge in [0.2, 0.25) is 0 Å². The van der Waals surface area contributed by atoms with Gasteiger partial charge in [0, 0.05) is 16.2 Å². The molecular weight excluding hydrogens is 248 g/mol. The van der Waals surface area contributed by atoms with Gasteiger partial charge < -0.3 is 5.73 Å². The number of nitrogens with zero attached hydrogens (tertiary/aromatic N) is 1. The Morgan fingerprint density at radius 1 is 1.46 bits per heavy atom. The summed E-state index contributed by atoms with van der Waals surface area (Å²) in [7, 11) is 0. The van der Waals surface area contributed by atoms with Crippen molar-refractivity contribution in [3.63, 3.8) is 0 Å². The molecule has 0 amide bonds. The lowest BCUT2D eigenvalue weighted by molar-refractivity contribution is 1.32. The largest absolute Gasteiger partial charge is 0.383 e. The normalized spacial score (nSPS) is 10.2. The fraction of sp³-hybridized carbons (Fsp3) is 0. The number of hydrogen-bond acceptors (Lipinski definition) is 3. The monoisotopic (exact) mass is 254 g/mol. The van der Waals surface area contributed by atoms with Gasteiger partial charge in [-0.15, -0.1) is 0 Å². The molecule has 2 heterocycles. The molecule has 2 aromatic heterocycles. The number of hydrogen-bond donors (Lipinski definition) is 1. The lowest BCUT2D eigenvalue weighted by Crippen LogP contribution is -1.92. The lowest BCUT2D eigenvalue weighted by Gasteiger charge is -2.02. The van der Waals surface area contributed by atoms with Gasteiger partial charge in [0.25, 0.3) is 0 Å². The SMILES string of the molecule is Nc1ncc(Br)cc1-c1ccsc1. The Balaban J connectivity index is 2.57. The van der Waals surface area contributed by atoms with E-state index in [0.717, 1.165) is 15.6 Å². The Labute approximate surface area is 88.6 Å². The molecule has 0 fully saturated rings. The highest BCUT2D eigenvalue weighted by Crippen LogP contribution is 2.28. The summed E-state index contributed by atoms with van der Waals surface area (Å²) in [6, 6.07) is 4.01. The van der Waals surface area contributed by atoms with E-state index in [1.165, 1.54) is 0 Å². The van der Waals surface area contributed by atoms with Gasteiger partial charge in [-0.1, -0.05) is 0 Å². The number of pyridine rings is 1. The molecule has 0 radical (unpaired) electrons. The summed E-state index contributed by atoms with van der Waals surface area (Å²) in [6.45, 7) is 0. The molecule has 13 heavy (non-hydrogen) atoms. The maximum Gasteiger partial charge on any atom is 0.131 e. The molecule has 2 rings (SSSR count). The van der Waals surface area contributed by atoms with E-state index < -0.39 is 0 Å². The van der Waals surface area contributed by atoms with E-state index in [-0.39, 0.29) is 0 Å². The summed E-state index contributed by atoms with van der Waals surface area (Å²) in [6.07, 6.45) is 1.70. The van der Waals surface area contributed by atoms with Crippen LogP contribution >= 0.6 is 27.3 Å². The maximum absolute atomic E-state index is 5.75. The second-order valence-corrected chi connectivity index (χ2v) is 4.29. The van der Waals surface area contributed by atoms with E-state index in [2.05, 4.69) is 26.3 Å². The molecule has 0 saturated heterocycles. The number of halogens is 1. The summed E-state index contributed by atoms with van der Waals surface area (Å²) in [5, 5.41) is 4.08. The van der Waals surface area contributed by atoms with Gasteiger partial charge in [0.1, 0.15) is 5.82 Å². The van der Waals surface area contributed by atoms with Crippen molar-refractivity contribution in [3.05, 3.63) is 33.6 Å². The Hall–Kier alpha value is -0.870. The average Bonchev–Trinajstić information content (AvgIpc) is 2.61. The van der Waals surface area contributed by atoms with Crippen LogP contribution in [0, 0.1) is 0 Å². The van der Waals surface area contributed by atoms with Gasteiger partial charge in [-0.05, 0) is 44.4 Å². The molecule has 0 aliphatic heterocycles. The molecule has 0 aromatic carbocycles. The minimum Gasteiger partial charge on any atom is -0.383 e. The zero-order valence-corrected chi connectivity index (χ0v) is 9.10. The highest BCUT2D eigenvalue weighted by atomic mass is 79.9. The molecule has 0 aliphatic carbocycles. The summed E-state index contributed by atoms with van der Waals surface area (Å²) >= 11 is 5.02. The summed E-state index contributed by atoms with van der Waals surface area (Å²) in [4.78, 5) is 4.07. The number of thiophene rings is 1. The first-order chi connectivity index (χ1) is 6.27. The maximum atomic E-state index is 5.75. The second kappa shape index (κ2) is 3.47. The first-order valence-corrected chi connectivity index (χ1v) is 5.44. The lowest BCUT2D eigenvalue weighted by atomic mass is 10.1. The average molecular weight is 255 g/mol. The summed E-state index contributed by atoms with van der Waals surface area (Å²) in [5.41, 5.74) is 7.86. The van der Waals surface area contributed by atoms with Crippen molar-refractivity contribution in [3.8, 4) is 11.1 Å². The van der Waals surface area contributed by atoms with E-state index in [1.54, 1.807) is 17.5 Å². The van der Waals surface area contributed by atoms with Crippen molar-refractivity contribution < 1.29 is 0 Å². The van der Waals surface area contributed by atoms with Crippen LogP contribution in [0.25, 0.3) is 11.1 Å². The van der Waals surface area contributed by atoms with Gasteiger partial charge >= 0.3 is 0 Å². The molecule has 0 saturated carbocycles. The smallest absolute Gasteiger partial charge is 0.131 e. The number of aromatic nitrogens is 1. The summed E-state index contributed by atoms with van der Waals surface area (Å²) < 4.78 is 0.947. The van der Waals surface area contributed by atoms with Crippen molar-refractivity contribution in [2.75, 3.05) is 5.73 Å². The van der Waals surface area contributed by atoms with Crippen molar-refractivity contribution in [1.29, 1.82) is 0 Å². The van der Waals surface area contributed by atoms with E-state index in [9.17, 15) is 0 Å². The summed E-state index contributed by atoms with van der Waals surface area (Å²) in [5.74, 6) is 0.571. The standard InChI is InChI=1S/C9H7BrN2S/c10-7-3-8(9(11)12-4-7)6-1-2-13-5-6/h1-5H,(H2,11,12). The molecule has 2 aromatic rings. The van der Waals surface area contributed by atoms with Gasteiger partial charge in [-0.25, -0.2) is 4.98 Å². The van der Waals surface area contributed by atoms with Crippen LogP contribution < -0.4 is 5.73 Å². The third-order valence-corrected chi connectivity index (χ3v) is 2.83. The van der Waals surface area contributed by atoms with Crippen LogP contribution in [0.5, 0.6) is 0 Å². The molecule has 0 aliphatic rings. The first kappa shape index (κ1) is 8.72. The van der Waals surface area contributed by atoms with Crippen LogP contribution in [-0.4, -0.2) is 4.98 Å². The molecular formula is C9H7BrN2S. The first-order valence-electron chi connectivity index (χ1n) is 3.71. The third-order valence-electron chi connectivity index (χ3n) is 1.72. The van der Waals surface area contributed by atoms with E-state index in [1.807, 2.05) is 17.5 Å². The van der Waals surface area contributed by atoms with Gasteiger partial charge in [0.05, 0.1) is 0 Å². The van der Waals surface area contributed by atoms with Crippen LogP contribution in [0.3, 0.4) is 0 Å². The van der Waals surface area contributed by atoms with Crippen molar-refractivity contribution in [1.82, 2.24) is 4.98 Å². The molecule has 66 valence electrons. The Kier molecular flexibility index (Phi) is 2.33. The third kappa shape index (κ3) is 1.73. The Morgan fingerprint density at radius 2 is 2.31 bits per heavy atom. The van der Waals surface area contributed by atoms with Crippen LogP contribution in [0.4, 0.5) is 5.82 Å². The van der Waals surface area contributed by atoms with Crippen molar-refractivity contribution >= 4 is 33.1 Å². The molecule has 0 bridgehead atoms. The number of nitrogen functional groups attached to an aromatic ring is 1. The molecule has 0 unspecified atom stereocenters. The van der Waals surface area contributed by atoms with Gasteiger partial charge in [-0.2, -0.15) is 11.3 Å². The van der Waals surface area contributed by atoms with E-state index >= 15 is 0 Å². The van der Waals surface area contributed by atoms with Crippen molar-refractivity contribution in [2.45, 2.75) is 0 Å².